The summed E-state index contributed by atoms with van der Waals surface area (Å²) in [6.45, 7) is 3.04. The molecule has 120 valence electrons. The van der Waals surface area contributed by atoms with E-state index in [-0.39, 0.29) is 5.92 Å². The van der Waals surface area contributed by atoms with E-state index in [2.05, 4.69) is 11.8 Å². The van der Waals surface area contributed by atoms with Crippen molar-refractivity contribution in [2.45, 2.75) is 37.9 Å². The number of H-pyrrole nitrogens is 1. The van der Waals surface area contributed by atoms with Gasteiger partial charge in [-0.25, -0.2) is 4.79 Å². The molecule has 0 saturated carbocycles. The first-order valence-corrected chi connectivity index (χ1v) is 6.80. The minimum absolute atomic E-state index is 0.0858. The fourth-order valence-corrected chi connectivity index (χ4v) is 2.20. The van der Waals surface area contributed by atoms with Crippen LogP contribution in [0.25, 0.3) is 0 Å². The zero-order chi connectivity index (χ0) is 16.5. The SMILES string of the molecule is CC(C)C#C[C@@]1(O)[C@H](O)[C@@H](CO)O[C@H]1n1ccc(=O)[nH]c1=O. The number of ether oxygens (including phenoxy) is 1. The standard InChI is InChI=1S/C14H18N2O6/c1-8(2)3-5-14(21)11(19)9(7-17)22-12(14)16-6-4-10(18)15-13(16)20/h4,6,8-9,11-12,17,19,21H,7H2,1-2H3,(H,15,18,20)/t9-,11-,12-,14-/m1/s1. The molecule has 22 heavy (non-hydrogen) atoms. The average molecular weight is 310 g/mol. The monoisotopic (exact) mass is 310 g/mol. The molecule has 1 saturated heterocycles. The van der Waals surface area contributed by atoms with E-state index in [0.717, 1.165) is 16.8 Å². The molecular formula is C14H18N2O6. The van der Waals surface area contributed by atoms with E-state index < -0.39 is 41.9 Å². The molecule has 2 heterocycles. The molecule has 8 heteroatoms. The minimum Gasteiger partial charge on any atom is -0.394 e. The number of aliphatic hydroxyl groups is 3. The second-order valence-electron chi connectivity index (χ2n) is 5.42. The van der Waals surface area contributed by atoms with E-state index in [0.29, 0.717) is 0 Å². The summed E-state index contributed by atoms with van der Waals surface area (Å²) in [5.74, 6) is 5.17. The fourth-order valence-electron chi connectivity index (χ4n) is 2.20. The van der Waals surface area contributed by atoms with Crippen LogP contribution >= 0.6 is 0 Å². The van der Waals surface area contributed by atoms with Crippen LogP contribution < -0.4 is 11.2 Å². The normalized spacial score (nSPS) is 31.1. The van der Waals surface area contributed by atoms with Crippen LogP contribution in [0.1, 0.15) is 20.1 Å². The van der Waals surface area contributed by atoms with E-state index in [1.54, 1.807) is 13.8 Å². The first-order valence-electron chi connectivity index (χ1n) is 6.80. The van der Waals surface area contributed by atoms with Crippen molar-refractivity contribution < 1.29 is 20.1 Å². The number of aliphatic hydroxyl groups excluding tert-OH is 2. The quantitative estimate of drug-likeness (QED) is 0.477. The lowest BCUT2D eigenvalue weighted by Crippen LogP contribution is -2.48. The Hall–Kier alpha value is -1.92. The lowest BCUT2D eigenvalue weighted by Gasteiger charge is -2.26. The van der Waals surface area contributed by atoms with Gasteiger partial charge in [-0.15, -0.1) is 0 Å². The Morgan fingerprint density at radius 2 is 2.18 bits per heavy atom. The molecule has 0 unspecified atom stereocenters. The topological polar surface area (TPSA) is 125 Å². The van der Waals surface area contributed by atoms with Gasteiger partial charge in [0.15, 0.2) is 11.8 Å². The van der Waals surface area contributed by atoms with Gasteiger partial charge in [0, 0.05) is 18.2 Å². The Labute approximate surface area is 126 Å². The van der Waals surface area contributed by atoms with E-state index >= 15 is 0 Å². The molecule has 0 amide bonds. The van der Waals surface area contributed by atoms with Gasteiger partial charge in [-0.05, 0) is 0 Å². The third-order valence-corrected chi connectivity index (χ3v) is 3.33. The molecule has 8 nitrogen and oxygen atoms in total. The van der Waals surface area contributed by atoms with Gasteiger partial charge < -0.3 is 20.1 Å². The predicted octanol–water partition coefficient (Wildman–Crippen LogP) is -1.82. The van der Waals surface area contributed by atoms with E-state index in [9.17, 15) is 24.9 Å². The number of hydrogen-bond acceptors (Lipinski definition) is 6. The molecule has 1 aliphatic heterocycles. The summed E-state index contributed by atoms with van der Waals surface area (Å²) in [5, 5.41) is 30.1. The Morgan fingerprint density at radius 1 is 1.50 bits per heavy atom. The van der Waals surface area contributed by atoms with Crippen LogP contribution in [0.5, 0.6) is 0 Å². The molecule has 1 fully saturated rings. The van der Waals surface area contributed by atoms with Crippen molar-refractivity contribution in [3.8, 4) is 11.8 Å². The highest BCUT2D eigenvalue weighted by molar-refractivity contribution is 5.23. The smallest absolute Gasteiger partial charge is 0.330 e. The molecule has 0 aromatic carbocycles. The van der Waals surface area contributed by atoms with Crippen LogP contribution in [-0.2, 0) is 4.74 Å². The lowest BCUT2D eigenvalue weighted by atomic mass is 9.94. The highest BCUT2D eigenvalue weighted by Gasteiger charge is 2.55. The van der Waals surface area contributed by atoms with Crippen LogP contribution in [0, 0.1) is 17.8 Å². The third-order valence-electron chi connectivity index (χ3n) is 3.33. The number of rotatable bonds is 2. The highest BCUT2D eigenvalue weighted by Crippen LogP contribution is 2.37. The Balaban J connectivity index is 2.54. The molecule has 0 aliphatic carbocycles. The van der Waals surface area contributed by atoms with Gasteiger partial charge >= 0.3 is 5.69 Å². The Kier molecular flexibility index (Phi) is 4.53. The van der Waals surface area contributed by atoms with Crippen LogP contribution in [0.15, 0.2) is 21.9 Å². The van der Waals surface area contributed by atoms with Crippen molar-refractivity contribution >= 4 is 0 Å². The zero-order valence-electron chi connectivity index (χ0n) is 12.2. The molecular weight excluding hydrogens is 292 g/mol. The number of nitrogens with zero attached hydrogens (tertiary/aromatic N) is 1. The summed E-state index contributed by atoms with van der Waals surface area (Å²) in [6, 6.07) is 1.08. The molecule has 4 atom stereocenters. The van der Waals surface area contributed by atoms with Gasteiger partial charge in [0.2, 0.25) is 0 Å². The van der Waals surface area contributed by atoms with Crippen molar-refractivity contribution in [2.75, 3.05) is 6.61 Å². The predicted molar refractivity (Wildman–Crippen MR) is 75.9 cm³/mol. The molecule has 4 N–H and O–H groups in total. The molecule has 0 radical (unpaired) electrons. The second-order valence-corrected chi connectivity index (χ2v) is 5.42. The van der Waals surface area contributed by atoms with E-state index in [1.807, 2.05) is 4.98 Å². The van der Waals surface area contributed by atoms with Gasteiger partial charge in [0.05, 0.1) is 6.61 Å². The lowest BCUT2D eigenvalue weighted by molar-refractivity contribution is -0.0766. The van der Waals surface area contributed by atoms with Crippen molar-refractivity contribution in [2.24, 2.45) is 5.92 Å². The first kappa shape index (κ1) is 16.5. The maximum absolute atomic E-state index is 11.9. The fraction of sp³-hybridized carbons (Fsp3) is 0.571. The first-order chi connectivity index (χ1) is 10.3. The van der Waals surface area contributed by atoms with Gasteiger partial charge in [-0.2, -0.15) is 0 Å². The summed E-state index contributed by atoms with van der Waals surface area (Å²) in [4.78, 5) is 25.0. The number of hydrogen-bond donors (Lipinski definition) is 4. The van der Waals surface area contributed by atoms with E-state index in [1.165, 1.54) is 0 Å². The van der Waals surface area contributed by atoms with Crippen molar-refractivity contribution in [3.05, 3.63) is 33.1 Å². The van der Waals surface area contributed by atoms with Crippen molar-refractivity contribution in [3.63, 3.8) is 0 Å². The minimum atomic E-state index is -2.08. The average Bonchev–Trinajstić information content (AvgIpc) is 2.70. The molecule has 1 aliphatic rings. The van der Waals surface area contributed by atoms with Crippen molar-refractivity contribution in [1.82, 2.24) is 9.55 Å². The van der Waals surface area contributed by atoms with Crippen molar-refractivity contribution in [1.29, 1.82) is 0 Å². The largest absolute Gasteiger partial charge is 0.394 e. The molecule has 1 aromatic rings. The zero-order valence-corrected chi connectivity index (χ0v) is 12.2. The van der Waals surface area contributed by atoms with Crippen LogP contribution in [0.2, 0.25) is 0 Å². The maximum Gasteiger partial charge on any atom is 0.330 e. The van der Waals surface area contributed by atoms with Crippen LogP contribution in [0.3, 0.4) is 0 Å². The van der Waals surface area contributed by atoms with E-state index in [4.69, 9.17) is 4.74 Å². The Morgan fingerprint density at radius 3 is 2.73 bits per heavy atom. The highest BCUT2D eigenvalue weighted by atomic mass is 16.6. The summed E-state index contributed by atoms with van der Waals surface area (Å²) >= 11 is 0. The Bertz CT molecular complexity index is 712. The molecule has 2 rings (SSSR count). The molecule has 0 spiro atoms. The van der Waals surface area contributed by atoms with Gasteiger partial charge in [-0.3, -0.25) is 14.3 Å². The number of nitrogens with one attached hydrogen (secondary N) is 1. The second kappa shape index (κ2) is 6.06. The van der Waals surface area contributed by atoms with Gasteiger partial charge in [0.25, 0.3) is 5.56 Å². The maximum atomic E-state index is 11.9. The number of aromatic amines is 1. The molecule has 0 bridgehead atoms. The summed E-state index contributed by atoms with van der Waals surface area (Å²) in [5.41, 5.74) is -3.50. The number of aromatic nitrogens is 2. The van der Waals surface area contributed by atoms with Crippen LogP contribution in [0.4, 0.5) is 0 Å². The van der Waals surface area contributed by atoms with Crippen LogP contribution in [-0.4, -0.2) is 49.3 Å². The molecule has 1 aromatic heterocycles. The summed E-state index contributed by atoms with van der Waals surface area (Å²) in [6.07, 6.45) is -2.82. The third kappa shape index (κ3) is 2.84. The summed E-state index contributed by atoms with van der Waals surface area (Å²) in [7, 11) is 0. The van der Waals surface area contributed by atoms with Gasteiger partial charge in [-0.1, -0.05) is 25.7 Å². The van der Waals surface area contributed by atoms with Gasteiger partial charge in [0.1, 0.15) is 12.2 Å². The summed E-state index contributed by atoms with van der Waals surface area (Å²) < 4.78 is 6.29.